The molecule has 0 aliphatic carbocycles. The van der Waals surface area contributed by atoms with Crippen LogP contribution < -0.4 is 4.90 Å². The Bertz CT molecular complexity index is 198. The Kier molecular flexibility index (Phi) is 4.00. The van der Waals surface area contributed by atoms with Crippen molar-refractivity contribution in [3.05, 3.63) is 6.20 Å². The van der Waals surface area contributed by atoms with Crippen LogP contribution in [0, 0.1) is 0 Å². The van der Waals surface area contributed by atoms with E-state index in [1.165, 1.54) is 29.4 Å². The largest absolute Gasteiger partial charge is 0.361 e. The minimum Gasteiger partial charge on any atom is -0.361 e. The normalized spacial score (nSPS) is 10.2. The smallest absolute Gasteiger partial charge is 0.132 e. The molecule has 1 aromatic heterocycles. The molecule has 0 aliphatic heterocycles. The van der Waals surface area contributed by atoms with Gasteiger partial charge in [-0.3, -0.25) is 0 Å². The lowest BCUT2D eigenvalue weighted by atomic mass is 10.3. The zero-order valence-corrected chi connectivity index (χ0v) is 8.47. The molecular formula is C8H15N3S. The molecule has 0 aromatic carbocycles. The van der Waals surface area contributed by atoms with Gasteiger partial charge in [0.25, 0.3) is 0 Å². The predicted molar refractivity (Wildman–Crippen MR) is 52.7 cm³/mol. The minimum atomic E-state index is 1.05. The molecule has 0 spiro atoms. The summed E-state index contributed by atoms with van der Waals surface area (Å²) >= 11 is 1.47. The summed E-state index contributed by atoms with van der Waals surface area (Å²) in [6, 6.07) is 0. The van der Waals surface area contributed by atoms with Crippen molar-refractivity contribution >= 4 is 16.5 Å². The molecule has 1 heterocycles. The van der Waals surface area contributed by atoms with Gasteiger partial charge in [0.15, 0.2) is 0 Å². The fourth-order valence-corrected chi connectivity index (χ4v) is 1.68. The molecule has 0 saturated heterocycles. The van der Waals surface area contributed by atoms with Crippen molar-refractivity contribution in [1.82, 2.24) is 9.59 Å². The summed E-state index contributed by atoms with van der Waals surface area (Å²) in [6.07, 6.45) is 4.32. The molecular weight excluding hydrogens is 170 g/mol. The molecule has 0 aliphatic rings. The van der Waals surface area contributed by atoms with Gasteiger partial charge >= 0.3 is 0 Å². The van der Waals surface area contributed by atoms with E-state index < -0.39 is 0 Å². The van der Waals surface area contributed by atoms with E-state index in [1.807, 2.05) is 6.20 Å². The zero-order chi connectivity index (χ0) is 8.81. The highest BCUT2D eigenvalue weighted by Crippen LogP contribution is 2.16. The average Bonchev–Trinajstić information content (AvgIpc) is 2.59. The van der Waals surface area contributed by atoms with E-state index in [9.17, 15) is 0 Å². The van der Waals surface area contributed by atoms with E-state index in [2.05, 4.69) is 28.3 Å². The number of hydrogen-bond donors (Lipinski definition) is 0. The maximum atomic E-state index is 3.85. The van der Waals surface area contributed by atoms with Gasteiger partial charge in [-0.1, -0.05) is 17.8 Å². The van der Waals surface area contributed by atoms with Crippen LogP contribution in [0.4, 0.5) is 5.00 Å². The SMILES string of the molecule is CCCCN(CC)c1cnns1. The first-order valence-electron chi connectivity index (χ1n) is 4.40. The Hall–Kier alpha value is -0.640. The van der Waals surface area contributed by atoms with Gasteiger partial charge in [-0.2, -0.15) is 0 Å². The average molecular weight is 185 g/mol. The van der Waals surface area contributed by atoms with Crippen LogP contribution >= 0.6 is 11.5 Å². The van der Waals surface area contributed by atoms with Crippen LogP contribution in [-0.2, 0) is 0 Å². The van der Waals surface area contributed by atoms with Gasteiger partial charge in [0.2, 0.25) is 0 Å². The highest BCUT2D eigenvalue weighted by atomic mass is 32.1. The number of aromatic nitrogens is 2. The maximum absolute atomic E-state index is 3.85. The Labute approximate surface area is 77.6 Å². The molecule has 68 valence electrons. The van der Waals surface area contributed by atoms with Crippen LogP contribution in [0.15, 0.2) is 6.20 Å². The Morgan fingerprint density at radius 2 is 2.33 bits per heavy atom. The molecule has 0 fully saturated rings. The van der Waals surface area contributed by atoms with Crippen LogP contribution in [-0.4, -0.2) is 22.7 Å². The second-order valence-corrected chi connectivity index (χ2v) is 3.45. The third-order valence-corrected chi connectivity index (χ3v) is 2.55. The van der Waals surface area contributed by atoms with Gasteiger partial charge in [-0.15, -0.1) is 5.10 Å². The molecule has 0 unspecified atom stereocenters. The zero-order valence-electron chi connectivity index (χ0n) is 7.66. The molecule has 12 heavy (non-hydrogen) atoms. The molecule has 0 N–H and O–H groups in total. The maximum Gasteiger partial charge on any atom is 0.132 e. The van der Waals surface area contributed by atoms with Gasteiger partial charge in [0.05, 0.1) is 6.20 Å². The fraction of sp³-hybridized carbons (Fsp3) is 0.750. The van der Waals surface area contributed by atoms with Crippen molar-refractivity contribution in [2.24, 2.45) is 0 Å². The monoisotopic (exact) mass is 185 g/mol. The van der Waals surface area contributed by atoms with E-state index >= 15 is 0 Å². The predicted octanol–water partition coefficient (Wildman–Crippen LogP) is 2.16. The highest BCUT2D eigenvalue weighted by Gasteiger charge is 2.04. The van der Waals surface area contributed by atoms with Gasteiger partial charge in [0, 0.05) is 24.6 Å². The highest BCUT2D eigenvalue weighted by molar-refractivity contribution is 7.09. The molecule has 0 amide bonds. The third-order valence-electron chi connectivity index (χ3n) is 1.82. The molecule has 1 aromatic rings. The van der Waals surface area contributed by atoms with Crippen molar-refractivity contribution in [2.45, 2.75) is 26.7 Å². The number of nitrogens with zero attached hydrogens (tertiary/aromatic N) is 3. The summed E-state index contributed by atoms with van der Waals surface area (Å²) < 4.78 is 3.85. The van der Waals surface area contributed by atoms with E-state index in [4.69, 9.17) is 0 Å². The first-order chi connectivity index (χ1) is 5.88. The summed E-state index contributed by atoms with van der Waals surface area (Å²) in [4.78, 5) is 2.31. The van der Waals surface area contributed by atoms with Crippen molar-refractivity contribution in [1.29, 1.82) is 0 Å². The Balaban J connectivity index is 2.45. The van der Waals surface area contributed by atoms with Crippen LogP contribution in [0.1, 0.15) is 26.7 Å². The lowest BCUT2D eigenvalue weighted by molar-refractivity contribution is 0.736. The Morgan fingerprint density at radius 3 is 2.83 bits per heavy atom. The summed E-state index contributed by atoms with van der Waals surface area (Å²) in [5.41, 5.74) is 0. The lowest BCUT2D eigenvalue weighted by Crippen LogP contribution is -2.22. The third kappa shape index (κ3) is 2.44. The molecule has 0 radical (unpaired) electrons. The topological polar surface area (TPSA) is 29.0 Å². The fourth-order valence-electron chi connectivity index (χ4n) is 1.07. The number of unbranched alkanes of at least 4 members (excludes halogenated alkanes) is 1. The van der Waals surface area contributed by atoms with Gasteiger partial charge < -0.3 is 4.90 Å². The molecule has 0 bridgehead atoms. The van der Waals surface area contributed by atoms with Gasteiger partial charge in [0.1, 0.15) is 5.00 Å². The Morgan fingerprint density at radius 1 is 1.50 bits per heavy atom. The number of rotatable bonds is 5. The van der Waals surface area contributed by atoms with E-state index in [1.54, 1.807) is 0 Å². The van der Waals surface area contributed by atoms with Gasteiger partial charge in [-0.05, 0) is 13.3 Å². The quantitative estimate of drug-likeness (QED) is 0.704. The van der Waals surface area contributed by atoms with Crippen molar-refractivity contribution < 1.29 is 0 Å². The number of anilines is 1. The molecule has 0 saturated carbocycles. The number of hydrogen-bond acceptors (Lipinski definition) is 4. The summed E-state index contributed by atoms with van der Waals surface area (Å²) in [5.74, 6) is 0. The van der Waals surface area contributed by atoms with Crippen molar-refractivity contribution in [2.75, 3.05) is 18.0 Å². The molecule has 0 atom stereocenters. The van der Waals surface area contributed by atoms with E-state index in [0.29, 0.717) is 0 Å². The van der Waals surface area contributed by atoms with Crippen LogP contribution in [0.25, 0.3) is 0 Å². The van der Waals surface area contributed by atoms with E-state index in [0.717, 1.165) is 13.1 Å². The summed E-state index contributed by atoms with van der Waals surface area (Å²) in [5, 5.41) is 5.01. The second-order valence-electron chi connectivity index (χ2n) is 2.69. The van der Waals surface area contributed by atoms with Crippen molar-refractivity contribution in [3.8, 4) is 0 Å². The standard InChI is InChI=1S/C8H15N3S/c1-3-5-6-11(4-2)8-7-9-10-12-8/h7H,3-6H2,1-2H3. The van der Waals surface area contributed by atoms with E-state index in [-0.39, 0.29) is 0 Å². The summed E-state index contributed by atoms with van der Waals surface area (Å²) in [6.45, 7) is 6.54. The molecule has 1 rings (SSSR count). The minimum absolute atomic E-state index is 1.05. The summed E-state index contributed by atoms with van der Waals surface area (Å²) in [7, 11) is 0. The molecule has 4 heteroatoms. The van der Waals surface area contributed by atoms with Gasteiger partial charge in [-0.25, -0.2) is 0 Å². The van der Waals surface area contributed by atoms with Crippen LogP contribution in [0.2, 0.25) is 0 Å². The van der Waals surface area contributed by atoms with Crippen LogP contribution in [0.5, 0.6) is 0 Å². The van der Waals surface area contributed by atoms with Crippen molar-refractivity contribution in [3.63, 3.8) is 0 Å². The first-order valence-corrected chi connectivity index (χ1v) is 5.18. The lowest BCUT2D eigenvalue weighted by Gasteiger charge is -2.18. The van der Waals surface area contributed by atoms with Crippen LogP contribution in [0.3, 0.4) is 0 Å². The molecule has 3 nitrogen and oxygen atoms in total. The second kappa shape index (κ2) is 5.09. The first kappa shape index (κ1) is 9.45.